The van der Waals surface area contributed by atoms with E-state index in [2.05, 4.69) is 0 Å². The summed E-state index contributed by atoms with van der Waals surface area (Å²) in [5.74, 6) is 0.0311. The standard InChI is InChI=1S/C12H15ClO2/c13-10-6-4-5-9(11(10)14)12(15)7-2-1-3-8-12/h4-6,14-15H,1-3,7-8H2. The van der Waals surface area contributed by atoms with E-state index in [1.165, 1.54) is 0 Å². The number of rotatable bonds is 1. The fourth-order valence-corrected chi connectivity index (χ4v) is 2.47. The molecule has 0 atom stereocenters. The van der Waals surface area contributed by atoms with Crippen LogP contribution in [0.5, 0.6) is 5.75 Å². The molecule has 82 valence electrons. The summed E-state index contributed by atoms with van der Waals surface area (Å²) in [5, 5.41) is 20.6. The van der Waals surface area contributed by atoms with Crippen molar-refractivity contribution in [3.63, 3.8) is 0 Å². The molecule has 3 heteroatoms. The largest absolute Gasteiger partial charge is 0.506 e. The summed E-state index contributed by atoms with van der Waals surface area (Å²) in [6, 6.07) is 5.16. The number of para-hydroxylation sites is 1. The van der Waals surface area contributed by atoms with Gasteiger partial charge in [-0.3, -0.25) is 0 Å². The number of aromatic hydroxyl groups is 1. The Labute approximate surface area is 94.5 Å². The van der Waals surface area contributed by atoms with Crippen LogP contribution in [0.15, 0.2) is 18.2 Å². The van der Waals surface area contributed by atoms with Gasteiger partial charge in [0.2, 0.25) is 0 Å². The predicted octanol–water partition coefficient (Wildman–Crippen LogP) is 3.20. The van der Waals surface area contributed by atoms with Gasteiger partial charge >= 0.3 is 0 Å². The number of halogens is 1. The number of hydrogen-bond donors (Lipinski definition) is 2. The van der Waals surface area contributed by atoms with Crippen LogP contribution in [0.3, 0.4) is 0 Å². The summed E-state index contributed by atoms with van der Waals surface area (Å²) in [7, 11) is 0. The van der Waals surface area contributed by atoms with Crippen molar-refractivity contribution in [2.75, 3.05) is 0 Å². The Morgan fingerprint density at radius 1 is 1.13 bits per heavy atom. The van der Waals surface area contributed by atoms with Gasteiger partial charge in [0.25, 0.3) is 0 Å². The van der Waals surface area contributed by atoms with Crippen molar-refractivity contribution in [1.82, 2.24) is 0 Å². The lowest BCUT2D eigenvalue weighted by Gasteiger charge is -2.33. The molecule has 0 unspecified atom stereocenters. The van der Waals surface area contributed by atoms with E-state index in [4.69, 9.17) is 11.6 Å². The van der Waals surface area contributed by atoms with Crippen molar-refractivity contribution in [3.8, 4) is 5.75 Å². The summed E-state index contributed by atoms with van der Waals surface area (Å²) >= 11 is 5.83. The molecule has 0 aliphatic heterocycles. The van der Waals surface area contributed by atoms with Crippen LogP contribution in [0.2, 0.25) is 5.02 Å². The second-order valence-corrected chi connectivity index (χ2v) is 4.64. The van der Waals surface area contributed by atoms with Gasteiger partial charge in [0, 0.05) is 5.56 Å². The Morgan fingerprint density at radius 2 is 1.80 bits per heavy atom. The summed E-state index contributed by atoms with van der Waals surface area (Å²) in [4.78, 5) is 0. The number of phenols is 1. The van der Waals surface area contributed by atoms with Crippen LogP contribution in [0.1, 0.15) is 37.7 Å². The minimum absolute atomic E-state index is 0.0311. The fraction of sp³-hybridized carbons (Fsp3) is 0.500. The van der Waals surface area contributed by atoms with Crippen molar-refractivity contribution in [3.05, 3.63) is 28.8 Å². The Hall–Kier alpha value is -0.730. The van der Waals surface area contributed by atoms with Crippen molar-refractivity contribution < 1.29 is 10.2 Å². The average molecular weight is 227 g/mol. The molecule has 2 N–H and O–H groups in total. The highest BCUT2D eigenvalue weighted by Gasteiger charge is 2.33. The molecule has 2 rings (SSSR count). The van der Waals surface area contributed by atoms with Crippen LogP contribution in [0, 0.1) is 0 Å². The Bertz CT molecular complexity index is 357. The third kappa shape index (κ3) is 1.97. The molecule has 1 fully saturated rings. The zero-order chi connectivity index (χ0) is 10.9. The van der Waals surface area contributed by atoms with E-state index in [9.17, 15) is 10.2 Å². The molecule has 2 nitrogen and oxygen atoms in total. The highest BCUT2D eigenvalue weighted by Crippen LogP contribution is 2.42. The maximum Gasteiger partial charge on any atom is 0.140 e. The van der Waals surface area contributed by atoms with Crippen molar-refractivity contribution in [1.29, 1.82) is 0 Å². The lowest BCUT2D eigenvalue weighted by Crippen LogP contribution is -2.28. The van der Waals surface area contributed by atoms with Crippen molar-refractivity contribution in [2.24, 2.45) is 0 Å². The van der Waals surface area contributed by atoms with Crippen LogP contribution in [-0.4, -0.2) is 10.2 Å². The lowest BCUT2D eigenvalue weighted by molar-refractivity contribution is -0.00250. The Morgan fingerprint density at radius 3 is 2.47 bits per heavy atom. The molecule has 0 saturated heterocycles. The number of benzene rings is 1. The maximum atomic E-state index is 10.4. The van der Waals surface area contributed by atoms with Crippen LogP contribution in [0.4, 0.5) is 0 Å². The molecule has 1 aliphatic rings. The molecule has 0 spiro atoms. The normalized spacial score (nSPS) is 20.1. The Kier molecular flexibility index (Phi) is 2.89. The number of phenolic OH excluding ortho intramolecular Hbond substituents is 1. The molecule has 0 amide bonds. The van der Waals surface area contributed by atoms with Gasteiger partial charge in [0.05, 0.1) is 10.6 Å². The van der Waals surface area contributed by atoms with Crippen molar-refractivity contribution >= 4 is 11.6 Å². The molecule has 1 aromatic carbocycles. The van der Waals surface area contributed by atoms with Crippen LogP contribution in [-0.2, 0) is 5.60 Å². The first-order chi connectivity index (χ1) is 7.13. The van der Waals surface area contributed by atoms with Gasteiger partial charge in [-0.2, -0.15) is 0 Å². The van der Waals surface area contributed by atoms with Crippen LogP contribution < -0.4 is 0 Å². The van der Waals surface area contributed by atoms with Gasteiger partial charge in [-0.15, -0.1) is 0 Å². The van der Waals surface area contributed by atoms with E-state index < -0.39 is 5.60 Å². The first kappa shape index (κ1) is 10.8. The Balaban J connectivity index is 2.39. The molecule has 0 radical (unpaired) electrons. The second-order valence-electron chi connectivity index (χ2n) is 4.23. The quantitative estimate of drug-likeness (QED) is 0.772. The molecule has 0 bridgehead atoms. The SMILES string of the molecule is Oc1c(Cl)cccc1C1(O)CCCCC1. The fourth-order valence-electron chi connectivity index (χ4n) is 2.30. The first-order valence-corrected chi connectivity index (χ1v) is 5.72. The van der Waals surface area contributed by atoms with E-state index in [0.717, 1.165) is 19.3 Å². The zero-order valence-corrected chi connectivity index (χ0v) is 9.30. The van der Waals surface area contributed by atoms with E-state index in [0.29, 0.717) is 23.4 Å². The summed E-state index contributed by atoms with van der Waals surface area (Å²) in [5.41, 5.74) is -0.303. The summed E-state index contributed by atoms with van der Waals surface area (Å²) in [6.45, 7) is 0. The van der Waals surface area contributed by atoms with Gasteiger partial charge in [0.1, 0.15) is 5.75 Å². The van der Waals surface area contributed by atoms with Gasteiger partial charge in [0.15, 0.2) is 0 Å². The summed E-state index contributed by atoms with van der Waals surface area (Å²) in [6.07, 6.45) is 4.58. The second kappa shape index (κ2) is 4.03. The first-order valence-electron chi connectivity index (χ1n) is 5.34. The van der Waals surface area contributed by atoms with Crippen molar-refractivity contribution in [2.45, 2.75) is 37.7 Å². The van der Waals surface area contributed by atoms with E-state index in [1.807, 2.05) is 0 Å². The van der Waals surface area contributed by atoms with Gasteiger partial charge in [-0.05, 0) is 18.9 Å². The highest BCUT2D eigenvalue weighted by molar-refractivity contribution is 6.32. The lowest BCUT2D eigenvalue weighted by atomic mass is 9.79. The van der Waals surface area contributed by atoms with Gasteiger partial charge in [-0.25, -0.2) is 0 Å². The minimum atomic E-state index is -0.882. The predicted molar refractivity (Wildman–Crippen MR) is 60.1 cm³/mol. The minimum Gasteiger partial charge on any atom is -0.506 e. The number of hydrogen-bond acceptors (Lipinski definition) is 2. The van der Waals surface area contributed by atoms with E-state index >= 15 is 0 Å². The van der Waals surface area contributed by atoms with Crippen LogP contribution >= 0.6 is 11.6 Å². The van der Waals surface area contributed by atoms with E-state index in [1.54, 1.807) is 18.2 Å². The third-order valence-electron chi connectivity index (χ3n) is 3.17. The molecular weight excluding hydrogens is 212 g/mol. The summed E-state index contributed by atoms with van der Waals surface area (Å²) < 4.78 is 0. The molecule has 15 heavy (non-hydrogen) atoms. The smallest absolute Gasteiger partial charge is 0.140 e. The topological polar surface area (TPSA) is 40.5 Å². The monoisotopic (exact) mass is 226 g/mol. The van der Waals surface area contributed by atoms with Crippen LogP contribution in [0.25, 0.3) is 0 Å². The van der Waals surface area contributed by atoms with E-state index in [-0.39, 0.29) is 5.75 Å². The molecule has 1 aromatic rings. The molecule has 0 aromatic heterocycles. The zero-order valence-electron chi connectivity index (χ0n) is 8.54. The molecule has 1 saturated carbocycles. The van der Waals surface area contributed by atoms with Gasteiger partial charge in [-0.1, -0.05) is 43.0 Å². The molecule has 1 aliphatic carbocycles. The molecular formula is C12H15ClO2. The highest BCUT2D eigenvalue weighted by atomic mass is 35.5. The third-order valence-corrected chi connectivity index (χ3v) is 3.47. The average Bonchev–Trinajstić information content (AvgIpc) is 2.23. The number of aliphatic hydroxyl groups is 1. The van der Waals surface area contributed by atoms with Gasteiger partial charge < -0.3 is 10.2 Å². The maximum absolute atomic E-state index is 10.4. The molecule has 0 heterocycles.